The van der Waals surface area contributed by atoms with Crippen LogP contribution in [0.1, 0.15) is 89.9 Å². The second kappa shape index (κ2) is 20.2. The summed E-state index contributed by atoms with van der Waals surface area (Å²) in [7, 11) is 0. The summed E-state index contributed by atoms with van der Waals surface area (Å²) in [6.45, 7) is 1.35. The SMILES string of the molecule is O=C(CCCCCO)OCCCCCCCCOC(=O)CCCCCO. The monoisotopic (exact) mass is 374 g/mol. The van der Waals surface area contributed by atoms with Gasteiger partial charge < -0.3 is 19.7 Å². The fourth-order valence-corrected chi connectivity index (χ4v) is 2.54. The molecule has 2 N–H and O–H groups in total. The number of hydrogen-bond donors (Lipinski definition) is 2. The number of esters is 2. The smallest absolute Gasteiger partial charge is 0.305 e. The highest BCUT2D eigenvalue weighted by molar-refractivity contribution is 5.69. The number of rotatable bonds is 19. The van der Waals surface area contributed by atoms with Crippen LogP contribution in [0.4, 0.5) is 0 Å². The van der Waals surface area contributed by atoms with Gasteiger partial charge in [-0.15, -0.1) is 0 Å². The second-order valence-corrected chi connectivity index (χ2v) is 6.63. The van der Waals surface area contributed by atoms with Crippen LogP contribution in [-0.4, -0.2) is 48.6 Å². The van der Waals surface area contributed by atoms with Crippen molar-refractivity contribution < 1.29 is 29.3 Å². The Labute approximate surface area is 158 Å². The quantitative estimate of drug-likeness (QED) is 0.265. The van der Waals surface area contributed by atoms with E-state index in [2.05, 4.69) is 0 Å². The molecule has 154 valence electrons. The summed E-state index contributed by atoms with van der Waals surface area (Å²) >= 11 is 0. The van der Waals surface area contributed by atoms with E-state index in [9.17, 15) is 9.59 Å². The van der Waals surface area contributed by atoms with Crippen molar-refractivity contribution in [3.63, 3.8) is 0 Å². The summed E-state index contributed by atoms with van der Waals surface area (Å²) in [4.78, 5) is 22.9. The second-order valence-electron chi connectivity index (χ2n) is 6.63. The molecule has 0 unspecified atom stereocenters. The molecule has 0 aliphatic carbocycles. The van der Waals surface area contributed by atoms with Crippen LogP contribution in [-0.2, 0) is 19.1 Å². The molecular weight excluding hydrogens is 336 g/mol. The highest BCUT2D eigenvalue weighted by Crippen LogP contribution is 2.07. The van der Waals surface area contributed by atoms with Crippen molar-refractivity contribution in [3.8, 4) is 0 Å². The third-order valence-electron chi connectivity index (χ3n) is 4.14. The van der Waals surface area contributed by atoms with Crippen molar-refractivity contribution in [3.05, 3.63) is 0 Å². The average molecular weight is 375 g/mol. The summed E-state index contributed by atoms with van der Waals surface area (Å²) in [5.41, 5.74) is 0. The summed E-state index contributed by atoms with van der Waals surface area (Å²) in [6, 6.07) is 0. The molecule has 6 nitrogen and oxygen atoms in total. The van der Waals surface area contributed by atoms with E-state index in [4.69, 9.17) is 19.7 Å². The van der Waals surface area contributed by atoms with Crippen LogP contribution in [0.5, 0.6) is 0 Å². The van der Waals surface area contributed by atoms with E-state index in [-0.39, 0.29) is 25.2 Å². The Morgan fingerprint density at radius 2 is 0.846 bits per heavy atom. The molecule has 0 rings (SSSR count). The van der Waals surface area contributed by atoms with E-state index < -0.39 is 0 Å². The molecule has 0 saturated heterocycles. The summed E-state index contributed by atoms with van der Waals surface area (Å²) in [5.74, 6) is -0.276. The van der Waals surface area contributed by atoms with Gasteiger partial charge in [0, 0.05) is 26.1 Å². The molecular formula is C20H38O6. The Balaban J connectivity index is 3.21. The van der Waals surface area contributed by atoms with Crippen LogP contribution < -0.4 is 0 Å². The first-order valence-electron chi connectivity index (χ1n) is 10.2. The molecule has 26 heavy (non-hydrogen) atoms. The summed E-state index contributed by atoms with van der Waals surface area (Å²) in [6.07, 6.45) is 11.8. The van der Waals surface area contributed by atoms with Crippen LogP contribution in [0.15, 0.2) is 0 Å². The Bertz CT molecular complexity index is 300. The van der Waals surface area contributed by atoms with Gasteiger partial charge in [0.15, 0.2) is 0 Å². The van der Waals surface area contributed by atoms with Crippen molar-refractivity contribution in [1.29, 1.82) is 0 Å². The van der Waals surface area contributed by atoms with Crippen LogP contribution >= 0.6 is 0 Å². The van der Waals surface area contributed by atoms with Crippen LogP contribution in [0.25, 0.3) is 0 Å². The molecule has 0 amide bonds. The van der Waals surface area contributed by atoms with E-state index in [1.54, 1.807) is 0 Å². The molecule has 0 aliphatic rings. The molecule has 0 aromatic heterocycles. The van der Waals surface area contributed by atoms with E-state index in [1.807, 2.05) is 0 Å². The van der Waals surface area contributed by atoms with Gasteiger partial charge in [-0.1, -0.05) is 38.5 Å². The first-order chi connectivity index (χ1) is 12.7. The van der Waals surface area contributed by atoms with Gasteiger partial charge in [-0.25, -0.2) is 0 Å². The Kier molecular flexibility index (Phi) is 19.3. The van der Waals surface area contributed by atoms with E-state index >= 15 is 0 Å². The molecule has 0 atom stereocenters. The van der Waals surface area contributed by atoms with Gasteiger partial charge in [-0.2, -0.15) is 0 Å². The number of carbonyl (C=O) groups excluding carboxylic acids is 2. The third kappa shape index (κ3) is 19.2. The topological polar surface area (TPSA) is 93.1 Å². The molecule has 0 spiro atoms. The van der Waals surface area contributed by atoms with Crippen molar-refractivity contribution in [2.45, 2.75) is 89.9 Å². The molecule has 0 aromatic rings. The van der Waals surface area contributed by atoms with Crippen molar-refractivity contribution in [2.75, 3.05) is 26.4 Å². The maximum atomic E-state index is 11.4. The zero-order valence-electron chi connectivity index (χ0n) is 16.3. The molecule has 6 heteroatoms. The minimum Gasteiger partial charge on any atom is -0.466 e. The first kappa shape index (κ1) is 24.9. The zero-order chi connectivity index (χ0) is 19.3. The van der Waals surface area contributed by atoms with Gasteiger partial charge in [-0.3, -0.25) is 9.59 Å². The molecule has 0 aromatic carbocycles. The average Bonchev–Trinajstić information content (AvgIpc) is 2.64. The predicted octanol–water partition coefficient (Wildman–Crippen LogP) is 3.52. The molecule has 0 fully saturated rings. The predicted molar refractivity (Wildman–Crippen MR) is 101 cm³/mol. The van der Waals surface area contributed by atoms with Crippen LogP contribution in [0.2, 0.25) is 0 Å². The number of unbranched alkanes of at least 4 members (excludes halogenated alkanes) is 9. The lowest BCUT2D eigenvalue weighted by Gasteiger charge is -2.06. The summed E-state index contributed by atoms with van der Waals surface area (Å²) in [5, 5.41) is 17.3. The van der Waals surface area contributed by atoms with Crippen LogP contribution in [0, 0.1) is 0 Å². The first-order valence-corrected chi connectivity index (χ1v) is 10.2. The number of ether oxygens (including phenoxy) is 2. The van der Waals surface area contributed by atoms with Gasteiger partial charge in [0.05, 0.1) is 13.2 Å². The minimum atomic E-state index is -0.138. The van der Waals surface area contributed by atoms with Gasteiger partial charge in [-0.05, 0) is 38.5 Å². The van der Waals surface area contributed by atoms with E-state index in [0.29, 0.717) is 26.1 Å². The largest absolute Gasteiger partial charge is 0.466 e. The third-order valence-corrected chi connectivity index (χ3v) is 4.14. The van der Waals surface area contributed by atoms with Gasteiger partial charge in [0.1, 0.15) is 0 Å². The minimum absolute atomic E-state index is 0.138. The van der Waals surface area contributed by atoms with Crippen LogP contribution in [0.3, 0.4) is 0 Å². The van der Waals surface area contributed by atoms with E-state index in [1.165, 1.54) is 0 Å². The fraction of sp³-hybridized carbons (Fsp3) is 0.900. The Morgan fingerprint density at radius 1 is 0.500 bits per heavy atom. The van der Waals surface area contributed by atoms with Crippen molar-refractivity contribution in [2.24, 2.45) is 0 Å². The molecule has 0 saturated carbocycles. The van der Waals surface area contributed by atoms with E-state index in [0.717, 1.165) is 77.0 Å². The van der Waals surface area contributed by atoms with Gasteiger partial charge in [0.25, 0.3) is 0 Å². The summed E-state index contributed by atoms with van der Waals surface area (Å²) < 4.78 is 10.3. The normalized spacial score (nSPS) is 10.7. The van der Waals surface area contributed by atoms with Gasteiger partial charge >= 0.3 is 11.9 Å². The molecule has 0 radical (unpaired) electrons. The lowest BCUT2D eigenvalue weighted by molar-refractivity contribution is -0.144. The maximum Gasteiger partial charge on any atom is 0.305 e. The molecule has 0 heterocycles. The molecule has 0 aliphatic heterocycles. The maximum absolute atomic E-state index is 11.4. The highest BCUT2D eigenvalue weighted by Gasteiger charge is 2.03. The number of hydrogen-bond acceptors (Lipinski definition) is 6. The number of carbonyl (C=O) groups is 2. The lowest BCUT2D eigenvalue weighted by atomic mass is 10.1. The van der Waals surface area contributed by atoms with Crippen molar-refractivity contribution in [1.82, 2.24) is 0 Å². The molecule has 0 bridgehead atoms. The zero-order valence-corrected chi connectivity index (χ0v) is 16.3. The number of aliphatic hydroxyl groups excluding tert-OH is 2. The Hall–Kier alpha value is -1.14. The fourth-order valence-electron chi connectivity index (χ4n) is 2.54. The number of aliphatic hydroxyl groups is 2. The lowest BCUT2D eigenvalue weighted by Crippen LogP contribution is -2.06. The van der Waals surface area contributed by atoms with Crippen molar-refractivity contribution >= 4 is 11.9 Å². The highest BCUT2D eigenvalue weighted by atomic mass is 16.5. The standard InChI is InChI=1S/C20H38O6/c21-15-9-5-7-13-19(23)25-17-11-3-1-2-4-12-18-26-20(24)14-8-6-10-16-22/h21-22H,1-18H2. The Morgan fingerprint density at radius 3 is 1.23 bits per heavy atom. The van der Waals surface area contributed by atoms with Gasteiger partial charge in [0.2, 0.25) is 0 Å².